The smallest absolute Gasteiger partial charge is 0.243 e. The van der Waals surface area contributed by atoms with E-state index < -0.39 is 10.0 Å². The van der Waals surface area contributed by atoms with Crippen LogP contribution in [0, 0.1) is 5.92 Å². The number of nitrogens with one attached hydrogen (secondary N) is 1. The first-order valence-corrected chi connectivity index (χ1v) is 12.4. The van der Waals surface area contributed by atoms with Crippen LogP contribution in [0.3, 0.4) is 0 Å². The summed E-state index contributed by atoms with van der Waals surface area (Å²) >= 11 is 4.87. The van der Waals surface area contributed by atoms with Crippen molar-refractivity contribution in [3.63, 3.8) is 0 Å². The van der Waals surface area contributed by atoms with Crippen LogP contribution >= 0.6 is 27.3 Å². The lowest BCUT2D eigenvalue weighted by Gasteiger charge is -2.31. The standard InChI is InChI=1S/C20H20BrN3O3S2/c21-15-7-9-16(10-8-15)29(26,27)24-11-3-4-14(13-24)20(25)22-12-19-23-17-5-1-2-6-18(17)28-19/h1-2,5-10,14H,3-4,11-13H2,(H,22,25). The lowest BCUT2D eigenvalue weighted by Crippen LogP contribution is -2.45. The number of amides is 1. The summed E-state index contributed by atoms with van der Waals surface area (Å²) in [5, 5.41) is 3.77. The molecule has 6 nitrogen and oxygen atoms in total. The number of nitrogens with zero attached hydrogens (tertiary/aromatic N) is 2. The molecule has 0 aliphatic carbocycles. The molecule has 1 unspecified atom stereocenters. The number of thiazole rings is 1. The average Bonchev–Trinajstić information content (AvgIpc) is 3.15. The van der Waals surface area contributed by atoms with Gasteiger partial charge in [-0.25, -0.2) is 13.4 Å². The Kier molecular flexibility index (Phi) is 6.00. The molecule has 0 radical (unpaired) electrons. The van der Waals surface area contributed by atoms with Gasteiger partial charge in [0.05, 0.1) is 27.6 Å². The minimum atomic E-state index is -3.61. The van der Waals surface area contributed by atoms with Crippen LogP contribution in [0.1, 0.15) is 17.8 Å². The predicted molar refractivity (Wildman–Crippen MR) is 117 cm³/mol. The number of hydrogen-bond donors (Lipinski definition) is 1. The zero-order valence-electron chi connectivity index (χ0n) is 15.5. The number of fused-ring (bicyclic) bond motifs is 1. The van der Waals surface area contributed by atoms with Gasteiger partial charge in [0.25, 0.3) is 0 Å². The van der Waals surface area contributed by atoms with Gasteiger partial charge >= 0.3 is 0 Å². The summed E-state index contributed by atoms with van der Waals surface area (Å²) in [5.41, 5.74) is 0.922. The Balaban J connectivity index is 1.40. The maximum Gasteiger partial charge on any atom is 0.243 e. The highest BCUT2D eigenvalue weighted by atomic mass is 79.9. The highest BCUT2D eigenvalue weighted by Crippen LogP contribution is 2.25. The van der Waals surface area contributed by atoms with Gasteiger partial charge in [-0.3, -0.25) is 4.79 Å². The maximum absolute atomic E-state index is 12.9. The molecule has 1 atom stereocenters. The van der Waals surface area contributed by atoms with Gasteiger partial charge in [0.2, 0.25) is 15.9 Å². The number of rotatable bonds is 5. The first-order valence-electron chi connectivity index (χ1n) is 9.31. The van der Waals surface area contributed by atoms with E-state index in [0.717, 1.165) is 19.7 Å². The van der Waals surface area contributed by atoms with Crippen molar-refractivity contribution in [1.82, 2.24) is 14.6 Å². The summed E-state index contributed by atoms with van der Waals surface area (Å²) in [6, 6.07) is 14.4. The Morgan fingerprint density at radius 1 is 1.21 bits per heavy atom. The van der Waals surface area contributed by atoms with Crippen LogP contribution in [0.25, 0.3) is 10.2 Å². The van der Waals surface area contributed by atoms with E-state index in [4.69, 9.17) is 0 Å². The molecule has 3 aromatic rings. The third-order valence-corrected chi connectivity index (χ3v) is 8.40. The molecule has 1 amide bonds. The number of carbonyl (C=O) groups excluding carboxylic acids is 1. The molecule has 29 heavy (non-hydrogen) atoms. The third-order valence-electron chi connectivity index (χ3n) is 4.96. The molecule has 1 aliphatic heterocycles. The first kappa shape index (κ1) is 20.5. The molecular weight excluding hydrogens is 474 g/mol. The number of carbonyl (C=O) groups is 1. The van der Waals surface area contributed by atoms with Crippen molar-refractivity contribution in [2.24, 2.45) is 5.92 Å². The van der Waals surface area contributed by atoms with Gasteiger partial charge in [-0.05, 0) is 49.2 Å². The van der Waals surface area contributed by atoms with Crippen molar-refractivity contribution in [2.75, 3.05) is 13.1 Å². The van der Waals surface area contributed by atoms with Crippen LogP contribution in [0.5, 0.6) is 0 Å². The number of piperidine rings is 1. The monoisotopic (exact) mass is 493 g/mol. The Bertz CT molecular complexity index is 1100. The number of halogens is 1. The number of hydrogen-bond acceptors (Lipinski definition) is 5. The van der Waals surface area contributed by atoms with Crippen LogP contribution < -0.4 is 5.32 Å². The first-order chi connectivity index (χ1) is 13.9. The van der Waals surface area contributed by atoms with Crippen molar-refractivity contribution < 1.29 is 13.2 Å². The van der Waals surface area contributed by atoms with E-state index in [1.165, 1.54) is 4.31 Å². The molecule has 2 heterocycles. The van der Waals surface area contributed by atoms with Gasteiger partial charge in [0.1, 0.15) is 5.01 Å². The van der Waals surface area contributed by atoms with Gasteiger partial charge in [0, 0.05) is 17.6 Å². The minimum Gasteiger partial charge on any atom is -0.349 e. The zero-order valence-corrected chi connectivity index (χ0v) is 18.8. The number of para-hydroxylation sites is 1. The van der Waals surface area contributed by atoms with E-state index in [1.807, 2.05) is 24.3 Å². The van der Waals surface area contributed by atoms with E-state index in [2.05, 4.69) is 26.2 Å². The Hall–Kier alpha value is -1.81. The topological polar surface area (TPSA) is 79.4 Å². The van der Waals surface area contributed by atoms with E-state index in [1.54, 1.807) is 35.6 Å². The van der Waals surface area contributed by atoms with E-state index in [-0.39, 0.29) is 23.3 Å². The quantitative estimate of drug-likeness (QED) is 0.586. The second-order valence-electron chi connectivity index (χ2n) is 6.95. The van der Waals surface area contributed by atoms with Gasteiger partial charge in [-0.15, -0.1) is 11.3 Å². The largest absolute Gasteiger partial charge is 0.349 e. The predicted octanol–water partition coefficient (Wildman–Crippen LogP) is 3.78. The van der Waals surface area contributed by atoms with E-state index in [9.17, 15) is 13.2 Å². The Morgan fingerprint density at radius 3 is 2.72 bits per heavy atom. The summed E-state index contributed by atoms with van der Waals surface area (Å²) in [4.78, 5) is 17.4. The fraction of sp³-hybridized carbons (Fsp3) is 0.300. The zero-order chi connectivity index (χ0) is 20.4. The molecule has 4 rings (SSSR count). The number of sulfonamides is 1. The number of aromatic nitrogens is 1. The molecule has 0 saturated carbocycles. The van der Waals surface area contributed by atoms with Crippen LogP contribution in [-0.2, 0) is 21.4 Å². The van der Waals surface area contributed by atoms with E-state index >= 15 is 0 Å². The van der Waals surface area contributed by atoms with Gasteiger partial charge in [-0.2, -0.15) is 4.31 Å². The van der Waals surface area contributed by atoms with Crippen LogP contribution in [-0.4, -0.2) is 36.7 Å². The Labute approximate surface area is 182 Å². The summed E-state index contributed by atoms with van der Waals surface area (Å²) < 4.78 is 29.2. The second kappa shape index (κ2) is 8.51. The van der Waals surface area contributed by atoms with Crippen molar-refractivity contribution in [3.8, 4) is 0 Å². The van der Waals surface area contributed by atoms with Crippen molar-refractivity contribution in [3.05, 3.63) is 58.0 Å². The maximum atomic E-state index is 12.9. The van der Waals surface area contributed by atoms with Gasteiger partial charge < -0.3 is 5.32 Å². The third kappa shape index (κ3) is 4.53. The molecule has 9 heteroatoms. The summed E-state index contributed by atoms with van der Waals surface area (Å²) in [6.07, 6.45) is 1.34. The fourth-order valence-corrected chi connectivity index (χ4v) is 6.13. The molecule has 1 aromatic heterocycles. The van der Waals surface area contributed by atoms with Gasteiger partial charge in [0.15, 0.2) is 0 Å². The highest BCUT2D eigenvalue weighted by molar-refractivity contribution is 9.10. The van der Waals surface area contributed by atoms with Crippen LogP contribution in [0.2, 0.25) is 0 Å². The van der Waals surface area contributed by atoms with Crippen LogP contribution in [0.15, 0.2) is 57.9 Å². The lowest BCUT2D eigenvalue weighted by atomic mass is 9.99. The molecule has 1 N–H and O–H groups in total. The minimum absolute atomic E-state index is 0.125. The van der Waals surface area contributed by atoms with Crippen molar-refractivity contribution >= 4 is 53.4 Å². The molecular formula is C20H20BrN3O3S2. The average molecular weight is 494 g/mol. The van der Waals surface area contributed by atoms with Crippen molar-refractivity contribution in [1.29, 1.82) is 0 Å². The van der Waals surface area contributed by atoms with Crippen molar-refractivity contribution in [2.45, 2.75) is 24.3 Å². The second-order valence-corrected chi connectivity index (χ2v) is 10.9. The summed E-state index contributed by atoms with van der Waals surface area (Å²) in [7, 11) is -3.61. The summed E-state index contributed by atoms with van der Waals surface area (Å²) in [6.45, 7) is 0.984. The van der Waals surface area contributed by atoms with Gasteiger partial charge in [-0.1, -0.05) is 28.1 Å². The number of benzene rings is 2. The molecule has 1 saturated heterocycles. The molecule has 152 valence electrons. The molecule has 0 spiro atoms. The molecule has 1 aliphatic rings. The fourth-order valence-electron chi connectivity index (χ4n) is 3.43. The van der Waals surface area contributed by atoms with E-state index in [0.29, 0.717) is 25.9 Å². The SMILES string of the molecule is O=C(NCc1nc2ccccc2s1)C1CCCN(S(=O)(=O)c2ccc(Br)cc2)C1. The normalized spacial score (nSPS) is 18.0. The Morgan fingerprint density at radius 2 is 1.97 bits per heavy atom. The molecule has 2 aromatic carbocycles. The highest BCUT2D eigenvalue weighted by Gasteiger charge is 2.33. The lowest BCUT2D eigenvalue weighted by molar-refractivity contribution is -0.126. The summed E-state index contributed by atoms with van der Waals surface area (Å²) in [5.74, 6) is -0.483. The molecule has 1 fully saturated rings. The van der Waals surface area contributed by atoms with Crippen LogP contribution in [0.4, 0.5) is 0 Å². The molecule has 0 bridgehead atoms.